The highest BCUT2D eigenvalue weighted by Gasteiger charge is 2.23. The Labute approximate surface area is 173 Å². The van der Waals surface area contributed by atoms with Gasteiger partial charge in [0.15, 0.2) is 5.75 Å². The molecule has 3 nitrogen and oxygen atoms in total. The highest BCUT2D eigenvalue weighted by Crippen LogP contribution is 2.36. The van der Waals surface area contributed by atoms with E-state index in [0.717, 1.165) is 30.5 Å². The Morgan fingerprint density at radius 2 is 1.82 bits per heavy atom. The van der Waals surface area contributed by atoms with Gasteiger partial charge in [0.1, 0.15) is 5.82 Å². The molecule has 0 N–H and O–H groups in total. The minimum atomic E-state index is 0.548. The maximum absolute atomic E-state index is 5.88. The molecule has 158 valence electrons. The van der Waals surface area contributed by atoms with Crippen LogP contribution in [0.5, 0.6) is 5.75 Å². The Hall–Kier alpha value is -1.38. The summed E-state index contributed by atoms with van der Waals surface area (Å²) < 4.78 is 5.88. The van der Waals surface area contributed by atoms with Crippen molar-refractivity contribution in [2.45, 2.75) is 104 Å². The number of hydrogen-bond donors (Lipinski definition) is 0. The van der Waals surface area contributed by atoms with Gasteiger partial charge in [0, 0.05) is 5.92 Å². The van der Waals surface area contributed by atoms with E-state index in [1.807, 2.05) is 12.4 Å². The fourth-order valence-corrected chi connectivity index (χ4v) is 4.18. The van der Waals surface area contributed by atoms with Crippen LogP contribution in [0.2, 0.25) is 0 Å². The molecule has 1 aromatic heterocycles. The molecule has 1 aliphatic carbocycles. The standard InChI is InChI=1S/C25H42N2O/c1-5-6-7-11-22-12-14-23(15-13-22)25-26-18-24(19-27-25)28-17-16-21(4)10-8-9-20(2)3/h9,18-19,21-23H,5-8,10-17H2,1-4H3/t21-,22-,23-/m0/s1. The maximum atomic E-state index is 5.88. The Bertz CT molecular complexity index is 554. The van der Waals surface area contributed by atoms with Gasteiger partial charge in [-0.05, 0) is 70.6 Å². The lowest BCUT2D eigenvalue weighted by atomic mass is 9.79. The molecular weight excluding hydrogens is 344 g/mol. The summed E-state index contributed by atoms with van der Waals surface area (Å²) >= 11 is 0. The first-order chi connectivity index (χ1) is 13.6. The second-order valence-electron chi connectivity index (χ2n) is 9.09. The average molecular weight is 387 g/mol. The van der Waals surface area contributed by atoms with E-state index < -0.39 is 0 Å². The number of unbranched alkanes of at least 4 members (excludes halogenated alkanes) is 2. The van der Waals surface area contributed by atoms with Crippen molar-refractivity contribution in [2.24, 2.45) is 11.8 Å². The molecule has 0 unspecified atom stereocenters. The Morgan fingerprint density at radius 1 is 1.11 bits per heavy atom. The topological polar surface area (TPSA) is 35.0 Å². The molecule has 0 saturated heterocycles. The highest BCUT2D eigenvalue weighted by atomic mass is 16.5. The predicted octanol–water partition coefficient (Wildman–Crippen LogP) is 7.48. The van der Waals surface area contributed by atoms with Crippen LogP contribution in [0.1, 0.15) is 110 Å². The summed E-state index contributed by atoms with van der Waals surface area (Å²) in [4.78, 5) is 9.25. The third-order valence-corrected chi connectivity index (χ3v) is 6.17. The number of hydrogen-bond acceptors (Lipinski definition) is 3. The molecule has 0 aromatic carbocycles. The minimum Gasteiger partial charge on any atom is -0.490 e. The molecule has 2 rings (SSSR count). The largest absolute Gasteiger partial charge is 0.490 e. The predicted molar refractivity (Wildman–Crippen MR) is 119 cm³/mol. The zero-order valence-corrected chi connectivity index (χ0v) is 18.8. The molecule has 3 heteroatoms. The first kappa shape index (κ1) is 22.9. The molecule has 0 spiro atoms. The van der Waals surface area contributed by atoms with Crippen molar-refractivity contribution in [1.29, 1.82) is 0 Å². The summed E-state index contributed by atoms with van der Waals surface area (Å²) in [5.41, 5.74) is 1.41. The Morgan fingerprint density at radius 3 is 2.46 bits per heavy atom. The third kappa shape index (κ3) is 8.75. The summed E-state index contributed by atoms with van der Waals surface area (Å²) in [5, 5.41) is 0. The van der Waals surface area contributed by atoms with Gasteiger partial charge in [0.2, 0.25) is 0 Å². The first-order valence-electron chi connectivity index (χ1n) is 11.7. The van der Waals surface area contributed by atoms with E-state index in [2.05, 4.69) is 43.7 Å². The first-order valence-corrected chi connectivity index (χ1v) is 11.7. The normalized spacial score (nSPS) is 20.6. The van der Waals surface area contributed by atoms with Crippen molar-refractivity contribution in [3.8, 4) is 5.75 Å². The van der Waals surface area contributed by atoms with Crippen LogP contribution in [0.25, 0.3) is 0 Å². The average Bonchev–Trinajstić information content (AvgIpc) is 2.69. The molecule has 0 amide bonds. The molecule has 1 saturated carbocycles. The van der Waals surface area contributed by atoms with E-state index in [1.165, 1.54) is 69.8 Å². The molecule has 28 heavy (non-hydrogen) atoms. The van der Waals surface area contributed by atoms with Crippen molar-refractivity contribution in [1.82, 2.24) is 9.97 Å². The molecule has 0 radical (unpaired) electrons. The van der Waals surface area contributed by atoms with Gasteiger partial charge in [-0.25, -0.2) is 9.97 Å². The van der Waals surface area contributed by atoms with Crippen LogP contribution < -0.4 is 4.74 Å². The summed E-state index contributed by atoms with van der Waals surface area (Å²) in [5.74, 6) is 4.00. The lowest BCUT2D eigenvalue weighted by Gasteiger charge is -2.27. The molecule has 1 atom stereocenters. The van der Waals surface area contributed by atoms with Crippen LogP contribution in [0, 0.1) is 11.8 Å². The van der Waals surface area contributed by atoms with Gasteiger partial charge >= 0.3 is 0 Å². The quantitative estimate of drug-likeness (QED) is 0.276. The maximum Gasteiger partial charge on any atom is 0.155 e. The minimum absolute atomic E-state index is 0.548. The van der Waals surface area contributed by atoms with Gasteiger partial charge in [-0.1, -0.05) is 51.2 Å². The van der Waals surface area contributed by atoms with E-state index in [-0.39, 0.29) is 0 Å². The van der Waals surface area contributed by atoms with Gasteiger partial charge in [0.05, 0.1) is 19.0 Å². The van der Waals surface area contributed by atoms with Gasteiger partial charge in [-0.2, -0.15) is 0 Å². The number of nitrogens with zero attached hydrogens (tertiary/aromatic N) is 2. The lowest BCUT2D eigenvalue weighted by Crippen LogP contribution is -2.15. The monoisotopic (exact) mass is 386 g/mol. The van der Waals surface area contributed by atoms with E-state index >= 15 is 0 Å². The van der Waals surface area contributed by atoms with Crippen molar-refractivity contribution in [2.75, 3.05) is 6.61 Å². The number of allylic oxidation sites excluding steroid dienone is 2. The second kappa shape index (κ2) is 13.0. The summed E-state index contributed by atoms with van der Waals surface area (Å²) in [6.07, 6.45) is 20.3. The highest BCUT2D eigenvalue weighted by molar-refractivity contribution is 5.14. The number of ether oxygens (including phenoxy) is 1. The fraction of sp³-hybridized carbons (Fsp3) is 0.760. The summed E-state index contributed by atoms with van der Waals surface area (Å²) in [7, 11) is 0. The molecular formula is C25H42N2O. The van der Waals surface area contributed by atoms with Crippen molar-refractivity contribution >= 4 is 0 Å². The fourth-order valence-electron chi connectivity index (χ4n) is 4.18. The van der Waals surface area contributed by atoms with E-state index in [1.54, 1.807) is 0 Å². The van der Waals surface area contributed by atoms with Crippen LogP contribution in [0.4, 0.5) is 0 Å². The lowest BCUT2D eigenvalue weighted by molar-refractivity contribution is 0.275. The second-order valence-corrected chi connectivity index (χ2v) is 9.09. The van der Waals surface area contributed by atoms with Gasteiger partial charge in [-0.15, -0.1) is 0 Å². The van der Waals surface area contributed by atoms with Crippen LogP contribution in [-0.2, 0) is 0 Å². The van der Waals surface area contributed by atoms with Crippen molar-refractivity contribution in [3.05, 3.63) is 29.9 Å². The van der Waals surface area contributed by atoms with Gasteiger partial charge in [0.25, 0.3) is 0 Å². The van der Waals surface area contributed by atoms with Crippen molar-refractivity contribution < 1.29 is 4.74 Å². The van der Waals surface area contributed by atoms with Crippen LogP contribution in [0.3, 0.4) is 0 Å². The number of rotatable bonds is 12. The SMILES string of the molecule is CCCCC[C@H]1CC[C@H](c2ncc(OCC[C@@H](C)CCC=C(C)C)cn2)CC1. The van der Waals surface area contributed by atoms with Crippen LogP contribution in [-0.4, -0.2) is 16.6 Å². The summed E-state index contributed by atoms with van der Waals surface area (Å²) in [6, 6.07) is 0. The van der Waals surface area contributed by atoms with Crippen LogP contribution >= 0.6 is 0 Å². The molecule has 1 heterocycles. The third-order valence-electron chi connectivity index (χ3n) is 6.17. The molecule has 1 fully saturated rings. The molecule has 0 aliphatic heterocycles. The Balaban J connectivity index is 1.66. The van der Waals surface area contributed by atoms with E-state index in [0.29, 0.717) is 11.8 Å². The van der Waals surface area contributed by atoms with E-state index in [4.69, 9.17) is 4.74 Å². The van der Waals surface area contributed by atoms with Gasteiger partial charge < -0.3 is 4.74 Å². The zero-order valence-electron chi connectivity index (χ0n) is 18.8. The smallest absolute Gasteiger partial charge is 0.155 e. The summed E-state index contributed by atoms with van der Waals surface area (Å²) in [6.45, 7) is 9.67. The number of aromatic nitrogens is 2. The molecule has 1 aliphatic rings. The molecule has 1 aromatic rings. The van der Waals surface area contributed by atoms with E-state index in [9.17, 15) is 0 Å². The van der Waals surface area contributed by atoms with Crippen LogP contribution in [0.15, 0.2) is 24.0 Å². The molecule has 0 bridgehead atoms. The zero-order chi connectivity index (χ0) is 20.2. The van der Waals surface area contributed by atoms with Crippen molar-refractivity contribution in [3.63, 3.8) is 0 Å². The Kier molecular flexibility index (Phi) is 10.6. The van der Waals surface area contributed by atoms with Gasteiger partial charge in [-0.3, -0.25) is 0 Å².